The van der Waals surface area contributed by atoms with E-state index in [-0.39, 0.29) is 0 Å². The summed E-state index contributed by atoms with van der Waals surface area (Å²) >= 11 is 15.9. The average molecular weight is 360 g/mol. The Hall–Kier alpha value is -0.640. The Balaban J connectivity index is 2.58. The van der Waals surface area contributed by atoms with Crippen molar-refractivity contribution in [2.24, 2.45) is 0 Å². The molecule has 0 N–H and O–H groups in total. The summed E-state index contributed by atoms with van der Waals surface area (Å²) in [7, 11) is 0. The molecule has 100 valence electrons. The van der Waals surface area contributed by atoms with Crippen LogP contribution in [-0.4, -0.2) is 9.97 Å². The maximum absolute atomic E-state index is 6.26. The third kappa shape index (κ3) is 3.10. The Morgan fingerprint density at radius 3 is 2.37 bits per heavy atom. The van der Waals surface area contributed by atoms with Crippen molar-refractivity contribution in [1.82, 2.24) is 9.97 Å². The van der Waals surface area contributed by atoms with Crippen LogP contribution in [0.15, 0.2) is 22.7 Å². The van der Waals surface area contributed by atoms with Crippen LogP contribution in [0.2, 0.25) is 10.2 Å². The molecule has 0 fully saturated rings. The zero-order chi connectivity index (χ0) is 14.2. The van der Waals surface area contributed by atoms with Crippen molar-refractivity contribution in [2.45, 2.75) is 26.7 Å². The molecule has 2 nitrogen and oxygen atoms in total. The van der Waals surface area contributed by atoms with E-state index in [1.54, 1.807) is 0 Å². The Morgan fingerprint density at radius 2 is 1.84 bits per heavy atom. The number of aromatic nitrogens is 2. The van der Waals surface area contributed by atoms with Crippen molar-refractivity contribution < 1.29 is 0 Å². The number of halogens is 3. The molecule has 19 heavy (non-hydrogen) atoms. The molecular weight excluding hydrogens is 347 g/mol. The SMILES string of the molecule is Cc1nc(-c2ccc(Br)cc2Cl)nc(Cl)c1C(C)C. The van der Waals surface area contributed by atoms with Crippen LogP contribution in [0, 0.1) is 6.92 Å². The Morgan fingerprint density at radius 1 is 1.16 bits per heavy atom. The lowest BCUT2D eigenvalue weighted by Crippen LogP contribution is -2.02. The highest BCUT2D eigenvalue weighted by Gasteiger charge is 2.15. The second-order valence-electron chi connectivity index (χ2n) is 4.62. The lowest BCUT2D eigenvalue weighted by Gasteiger charge is -2.13. The molecule has 0 bridgehead atoms. The minimum Gasteiger partial charge on any atom is -0.233 e. The molecular formula is C14H13BrCl2N2. The first-order chi connectivity index (χ1) is 8.90. The van der Waals surface area contributed by atoms with Crippen LogP contribution in [0.4, 0.5) is 0 Å². The molecule has 0 aliphatic rings. The van der Waals surface area contributed by atoms with Crippen LogP contribution < -0.4 is 0 Å². The van der Waals surface area contributed by atoms with E-state index >= 15 is 0 Å². The molecule has 5 heteroatoms. The molecule has 0 spiro atoms. The van der Waals surface area contributed by atoms with Crippen LogP contribution in [0.25, 0.3) is 11.4 Å². The maximum atomic E-state index is 6.26. The van der Waals surface area contributed by atoms with Gasteiger partial charge in [0.2, 0.25) is 0 Å². The molecule has 1 aromatic heterocycles. The predicted octanol–water partition coefficient (Wildman–Crippen LogP) is 5.64. The summed E-state index contributed by atoms with van der Waals surface area (Å²) in [6.45, 7) is 6.09. The van der Waals surface area contributed by atoms with Crippen molar-refractivity contribution in [3.8, 4) is 11.4 Å². The fraction of sp³-hybridized carbons (Fsp3) is 0.286. The maximum Gasteiger partial charge on any atom is 0.162 e. The molecule has 0 amide bonds. The van der Waals surface area contributed by atoms with Crippen molar-refractivity contribution in [3.05, 3.63) is 44.1 Å². The first-order valence-electron chi connectivity index (χ1n) is 5.89. The summed E-state index contributed by atoms with van der Waals surface area (Å²) in [5, 5.41) is 1.10. The third-order valence-electron chi connectivity index (χ3n) is 2.84. The summed E-state index contributed by atoms with van der Waals surface area (Å²) in [5.74, 6) is 0.853. The number of benzene rings is 1. The van der Waals surface area contributed by atoms with Gasteiger partial charge in [-0.05, 0) is 31.0 Å². The highest BCUT2D eigenvalue weighted by Crippen LogP contribution is 2.32. The largest absolute Gasteiger partial charge is 0.233 e. The second kappa shape index (κ2) is 5.78. The van der Waals surface area contributed by atoms with Gasteiger partial charge in [-0.1, -0.05) is 53.0 Å². The van der Waals surface area contributed by atoms with Gasteiger partial charge in [0.25, 0.3) is 0 Å². The van der Waals surface area contributed by atoms with Crippen molar-refractivity contribution >= 4 is 39.1 Å². The van der Waals surface area contributed by atoms with Gasteiger partial charge in [-0.25, -0.2) is 9.97 Å². The highest BCUT2D eigenvalue weighted by atomic mass is 79.9. The minimum absolute atomic E-state index is 0.293. The molecule has 0 aliphatic carbocycles. The smallest absolute Gasteiger partial charge is 0.162 e. The van der Waals surface area contributed by atoms with Gasteiger partial charge in [0, 0.05) is 21.3 Å². The molecule has 2 aromatic rings. The predicted molar refractivity (Wildman–Crippen MR) is 84.0 cm³/mol. The summed E-state index contributed by atoms with van der Waals surface area (Å²) in [4.78, 5) is 8.89. The molecule has 0 saturated heterocycles. The van der Waals surface area contributed by atoms with E-state index < -0.39 is 0 Å². The summed E-state index contributed by atoms with van der Waals surface area (Å²) in [5.41, 5.74) is 2.66. The number of hydrogen-bond acceptors (Lipinski definition) is 2. The summed E-state index contributed by atoms with van der Waals surface area (Å²) in [6, 6.07) is 5.61. The quantitative estimate of drug-likeness (QED) is 0.648. The van der Waals surface area contributed by atoms with Gasteiger partial charge in [0.1, 0.15) is 5.15 Å². The summed E-state index contributed by atoms with van der Waals surface area (Å²) in [6.07, 6.45) is 0. The molecule has 0 saturated carbocycles. The molecule has 1 heterocycles. The highest BCUT2D eigenvalue weighted by molar-refractivity contribution is 9.10. The molecule has 2 rings (SSSR count). The van der Waals surface area contributed by atoms with Gasteiger partial charge in [-0.3, -0.25) is 0 Å². The molecule has 0 unspecified atom stereocenters. The first kappa shape index (κ1) is 14.8. The van der Waals surface area contributed by atoms with Crippen molar-refractivity contribution in [3.63, 3.8) is 0 Å². The van der Waals surface area contributed by atoms with E-state index in [0.717, 1.165) is 21.3 Å². The molecule has 0 radical (unpaired) electrons. The number of nitrogens with zero attached hydrogens (tertiary/aromatic N) is 2. The standard InChI is InChI=1S/C14H13BrCl2N2/c1-7(2)12-8(3)18-14(19-13(12)17)10-5-4-9(15)6-11(10)16/h4-7H,1-3H3. The minimum atomic E-state index is 0.293. The van der Waals surface area contributed by atoms with Crippen LogP contribution in [0.3, 0.4) is 0 Å². The van der Waals surface area contributed by atoms with E-state index in [4.69, 9.17) is 23.2 Å². The molecule has 0 atom stereocenters. The normalized spacial score (nSPS) is 11.1. The van der Waals surface area contributed by atoms with E-state index in [0.29, 0.717) is 21.9 Å². The zero-order valence-corrected chi connectivity index (χ0v) is 13.9. The van der Waals surface area contributed by atoms with E-state index in [2.05, 4.69) is 39.7 Å². The number of aryl methyl sites for hydroxylation is 1. The van der Waals surface area contributed by atoms with Gasteiger partial charge in [0.15, 0.2) is 5.82 Å². The van der Waals surface area contributed by atoms with E-state index in [9.17, 15) is 0 Å². The van der Waals surface area contributed by atoms with Gasteiger partial charge < -0.3 is 0 Å². The monoisotopic (exact) mass is 358 g/mol. The number of rotatable bonds is 2. The van der Waals surface area contributed by atoms with Gasteiger partial charge in [0.05, 0.1) is 5.02 Å². The van der Waals surface area contributed by atoms with Crippen molar-refractivity contribution in [1.29, 1.82) is 0 Å². The first-order valence-corrected chi connectivity index (χ1v) is 7.44. The topological polar surface area (TPSA) is 25.8 Å². The van der Waals surface area contributed by atoms with Crippen LogP contribution in [-0.2, 0) is 0 Å². The lowest BCUT2D eigenvalue weighted by molar-refractivity contribution is 0.831. The van der Waals surface area contributed by atoms with E-state index in [1.807, 2.05) is 25.1 Å². The van der Waals surface area contributed by atoms with Crippen LogP contribution >= 0.6 is 39.1 Å². The molecule has 0 aliphatic heterocycles. The van der Waals surface area contributed by atoms with Gasteiger partial charge >= 0.3 is 0 Å². The van der Waals surface area contributed by atoms with Gasteiger partial charge in [-0.2, -0.15) is 0 Å². The Kier molecular flexibility index (Phi) is 4.49. The Bertz CT molecular complexity index is 604. The fourth-order valence-corrected chi connectivity index (χ4v) is 3.19. The van der Waals surface area contributed by atoms with Gasteiger partial charge in [-0.15, -0.1) is 0 Å². The second-order valence-corrected chi connectivity index (χ2v) is 6.30. The van der Waals surface area contributed by atoms with Crippen molar-refractivity contribution in [2.75, 3.05) is 0 Å². The lowest BCUT2D eigenvalue weighted by atomic mass is 10.0. The number of hydrogen-bond donors (Lipinski definition) is 0. The average Bonchev–Trinajstić information content (AvgIpc) is 2.26. The molecule has 1 aromatic carbocycles. The summed E-state index contributed by atoms with van der Waals surface area (Å²) < 4.78 is 0.919. The Labute approximate surface area is 131 Å². The third-order valence-corrected chi connectivity index (χ3v) is 3.93. The van der Waals surface area contributed by atoms with E-state index in [1.165, 1.54) is 0 Å². The fourth-order valence-electron chi connectivity index (χ4n) is 1.99. The van der Waals surface area contributed by atoms with Crippen LogP contribution in [0.5, 0.6) is 0 Å². The zero-order valence-electron chi connectivity index (χ0n) is 10.8. The van der Waals surface area contributed by atoms with Crippen LogP contribution in [0.1, 0.15) is 31.0 Å².